The van der Waals surface area contributed by atoms with Crippen LogP contribution in [0.25, 0.3) is 0 Å². The molecule has 0 aromatic heterocycles. The molecule has 2 N–H and O–H groups in total. The number of hydrogen-bond donors (Lipinski definition) is 2. The summed E-state index contributed by atoms with van der Waals surface area (Å²) in [6, 6.07) is 9.23. The number of piperidine rings is 1. The number of nitrogens with zero attached hydrogens (tertiary/aromatic N) is 1. The second kappa shape index (κ2) is 10.2. The van der Waals surface area contributed by atoms with Crippen molar-refractivity contribution in [3.8, 4) is 5.75 Å². The molecule has 4 rings (SSSR count). The number of amides is 4. The van der Waals surface area contributed by atoms with E-state index in [0.717, 1.165) is 12.1 Å². The second-order valence-electron chi connectivity index (χ2n) is 10.6. The van der Waals surface area contributed by atoms with Crippen molar-refractivity contribution < 1.29 is 32.7 Å². The minimum atomic E-state index is -3.81. The highest BCUT2D eigenvalue weighted by Gasteiger charge is 2.42. The van der Waals surface area contributed by atoms with Gasteiger partial charge in [-0.3, -0.25) is 24.5 Å². The van der Waals surface area contributed by atoms with E-state index in [2.05, 4.69) is 17.6 Å². The van der Waals surface area contributed by atoms with Crippen LogP contribution in [0, 0.1) is 12.3 Å². The van der Waals surface area contributed by atoms with E-state index in [1.165, 1.54) is 17.0 Å². The first-order valence-electron chi connectivity index (χ1n) is 12.3. The molecule has 38 heavy (non-hydrogen) atoms. The fraction of sp³-hybridized carbons (Fsp3) is 0.393. The van der Waals surface area contributed by atoms with Crippen LogP contribution in [-0.4, -0.2) is 40.7 Å². The molecule has 0 saturated carbocycles. The van der Waals surface area contributed by atoms with Crippen molar-refractivity contribution in [2.75, 3.05) is 0 Å². The molecular formula is C28H30F2N3O5. The van der Waals surface area contributed by atoms with Gasteiger partial charge in [0.2, 0.25) is 11.8 Å². The smallest absolute Gasteiger partial charge is 0.349 e. The Hall–Kier alpha value is -3.82. The summed E-state index contributed by atoms with van der Waals surface area (Å²) in [5, 5.41) is 4.51. The highest BCUT2D eigenvalue weighted by molar-refractivity contribution is 6.05. The standard InChI is InChI=1S/C28H30F2N3O5/c1-16(27(2,3)4)38-20-7-5-6-19(13-20)28(29,30)26(37)31-14-17-8-9-21-18(12-17)15-33(25(21)36)22-10-11-23(34)32-24(22)35/h5-9,12-13,16,22H,1,10-11,14-15H2,2-4H3,(H,31,37)(H,32,34,35). The lowest BCUT2D eigenvalue weighted by Gasteiger charge is -2.29. The third-order valence-electron chi connectivity index (χ3n) is 6.77. The van der Waals surface area contributed by atoms with Gasteiger partial charge in [-0.05, 0) is 48.1 Å². The molecule has 2 aromatic rings. The van der Waals surface area contributed by atoms with Crippen LogP contribution in [0.1, 0.15) is 60.7 Å². The summed E-state index contributed by atoms with van der Waals surface area (Å²) in [4.78, 5) is 50.3. The van der Waals surface area contributed by atoms with E-state index >= 15 is 0 Å². The normalized spacial score (nSPS) is 18.6. The number of ether oxygens (including phenoxy) is 1. The minimum Gasteiger partial charge on any atom is -0.490 e. The van der Waals surface area contributed by atoms with E-state index < -0.39 is 35.4 Å². The average Bonchev–Trinajstić information content (AvgIpc) is 3.17. The molecule has 1 saturated heterocycles. The van der Waals surface area contributed by atoms with Gasteiger partial charge in [0.25, 0.3) is 11.8 Å². The molecule has 2 unspecified atom stereocenters. The minimum absolute atomic E-state index is 0.142. The van der Waals surface area contributed by atoms with Crippen molar-refractivity contribution in [2.45, 2.75) is 64.8 Å². The van der Waals surface area contributed by atoms with Crippen LogP contribution in [0.3, 0.4) is 0 Å². The lowest BCUT2D eigenvalue weighted by Crippen LogP contribution is -2.52. The maximum absolute atomic E-state index is 15.0. The van der Waals surface area contributed by atoms with Gasteiger partial charge < -0.3 is 15.0 Å². The molecule has 0 bridgehead atoms. The van der Waals surface area contributed by atoms with Crippen molar-refractivity contribution in [2.24, 2.45) is 5.41 Å². The number of rotatable bonds is 7. The Labute approximate surface area is 219 Å². The fourth-order valence-electron chi connectivity index (χ4n) is 4.27. The highest BCUT2D eigenvalue weighted by atomic mass is 19.3. The van der Waals surface area contributed by atoms with Crippen LogP contribution < -0.4 is 15.4 Å². The Morgan fingerprint density at radius 2 is 1.92 bits per heavy atom. The molecule has 201 valence electrons. The molecule has 1 radical (unpaired) electrons. The van der Waals surface area contributed by atoms with Crippen LogP contribution in [0.2, 0.25) is 0 Å². The summed E-state index contributed by atoms with van der Waals surface area (Å²) in [6.07, 6.45) is -0.109. The maximum Gasteiger partial charge on any atom is 0.349 e. The summed E-state index contributed by atoms with van der Waals surface area (Å²) in [7, 11) is 0. The van der Waals surface area contributed by atoms with Gasteiger partial charge in [0.05, 0.1) is 0 Å². The summed E-state index contributed by atoms with van der Waals surface area (Å²) in [5.41, 5.74) is 0.714. The topological polar surface area (TPSA) is 105 Å². The molecule has 2 aliphatic heterocycles. The Kier molecular flexibility index (Phi) is 7.27. The predicted octanol–water partition coefficient (Wildman–Crippen LogP) is 3.48. The first-order chi connectivity index (χ1) is 17.8. The zero-order chi connectivity index (χ0) is 27.8. The number of fused-ring (bicyclic) bond motifs is 1. The SMILES string of the molecule is [CH2]C(Oc1cccc(C(F)(F)C(=O)NCc2ccc3c(c2)CN(C2CCC(=O)NC2=O)C3=O)c1)C(C)(C)C. The average molecular weight is 527 g/mol. The number of carbonyl (C=O) groups is 4. The number of halogens is 2. The monoisotopic (exact) mass is 526 g/mol. The van der Waals surface area contributed by atoms with Crippen LogP contribution in [-0.2, 0) is 33.4 Å². The van der Waals surface area contributed by atoms with Crippen LogP contribution in [0.4, 0.5) is 8.78 Å². The number of benzene rings is 2. The number of carbonyl (C=O) groups excluding carboxylic acids is 4. The Morgan fingerprint density at radius 3 is 2.61 bits per heavy atom. The predicted molar refractivity (Wildman–Crippen MR) is 134 cm³/mol. The van der Waals surface area contributed by atoms with Gasteiger partial charge in [0.1, 0.15) is 17.9 Å². The largest absolute Gasteiger partial charge is 0.490 e. The zero-order valence-corrected chi connectivity index (χ0v) is 21.5. The summed E-state index contributed by atoms with van der Waals surface area (Å²) < 4.78 is 35.7. The number of hydrogen-bond acceptors (Lipinski definition) is 5. The van der Waals surface area contributed by atoms with Crippen molar-refractivity contribution >= 4 is 23.6 Å². The number of nitrogens with one attached hydrogen (secondary N) is 2. The van der Waals surface area contributed by atoms with Gasteiger partial charge in [-0.25, -0.2) is 0 Å². The molecule has 0 spiro atoms. The first kappa shape index (κ1) is 27.2. The van der Waals surface area contributed by atoms with E-state index in [4.69, 9.17) is 4.74 Å². The van der Waals surface area contributed by atoms with E-state index in [1.807, 2.05) is 20.8 Å². The highest BCUT2D eigenvalue weighted by Crippen LogP contribution is 2.33. The van der Waals surface area contributed by atoms with Crippen molar-refractivity contribution in [3.05, 3.63) is 71.6 Å². The zero-order valence-electron chi connectivity index (χ0n) is 21.5. The molecule has 8 nitrogen and oxygen atoms in total. The molecule has 2 heterocycles. The van der Waals surface area contributed by atoms with Gasteiger partial charge in [-0.2, -0.15) is 8.78 Å². The quantitative estimate of drug-likeness (QED) is 0.538. The molecule has 10 heteroatoms. The molecular weight excluding hydrogens is 496 g/mol. The van der Waals surface area contributed by atoms with Crippen molar-refractivity contribution in [3.63, 3.8) is 0 Å². The van der Waals surface area contributed by atoms with E-state index in [0.29, 0.717) is 16.7 Å². The third-order valence-corrected chi connectivity index (χ3v) is 6.77. The Bertz CT molecular complexity index is 1290. The van der Waals surface area contributed by atoms with Gasteiger partial charge in [-0.15, -0.1) is 0 Å². The molecule has 2 aromatic carbocycles. The van der Waals surface area contributed by atoms with E-state index in [1.54, 1.807) is 18.2 Å². The summed E-state index contributed by atoms with van der Waals surface area (Å²) in [5.74, 6) is -6.33. The van der Waals surface area contributed by atoms with Gasteiger partial charge in [0, 0.05) is 30.6 Å². The molecule has 2 atom stereocenters. The molecule has 0 aliphatic carbocycles. The van der Waals surface area contributed by atoms with Crippen molar-refractivity contribution in [1.82, 2.24) is 15.5 Å². The lowest BCUT2D eigenvalue weighted by atomic mass is 9.90. The van der Waals surface area contributed by atoms with Gasteiger partial charge in [-0.1, -0.05) is 45.0 Å². The van der Waals surface area contributed by atoms with Crippen LogP contribution in [0.15, 0.2) is 42.5 Å². The molecule has 2 aliphatic rings. The number of imide groups is 1. The Morgan fingerprint density at radius 1 is 1.18 bits per heavy atom. The lowest BCUT2D eigenvalue weighted by molar-refractivity contribution is -0.147. The van der Waals surface area contributed by atoms with Gasteiger partial charge >= 0.3 is 5.92 Å². The number of alkyl halides is 2. The Balaban J connectivity index is 1.41. The third kappa shape index (κ3) is 5.54. The second-order valence-corrected chi connectivity index (χ2v) is 10.6. The van der Waals surface area contributed by atoms with Gasteiger partial charge in [0.15, 0.2) is 0 Å². The fourth-order valence-corrected chi connectivity index (χ4v) is 4.27. The molecule has 1 fully saturated rings. The summed E-state index contributed by atoms with van der Waals surface area (Å²) >= 11 is 0. The molecule has 4 amide bonds. The van der Waals surface area contributed by atoms with E-state index in [9.17, 15) is 28.0 Å². The maximum atomic E-state index is 15.0. The first-order valence-corrected chi connectivity index (χ1v) is 12.3. The summed E-state index contributed by atoms with van der Waals surface area (Å²) in [6.45, 7) is 9.62. The van der Waals surface area contributed by atoms with Crippen LogP contribution in [0.5, 0.6) is 5.75 Å². The van der Waals surface area contributed by atoms with Crippen molar-refractivity contribution in [1.29, 1.82) is 0 Å². The van der Waals surface area contributed by atoms with E-state index in [-0.39, 0.29) is 48.9 Å². The van der Waals surface area contributed by atoms with Crippen LogP contribution >= 0.6 is 0 Å².